The Morgan fingerprint density at radius 3 is 2.71 bits per heavy atom. The molecule has 2 heterocycles. The van der Waals surface area contributed by atoms with Crippen molar-refractivity contribution in [3.8, 4) is 11.5 Å². The Morgan fingerprint density at radius 1 is 1.10 bits per heavy atom. The van der Waals surface area contributed by atoms with E-state index < -0.39 is 23.7 Å². The van der Waals surface area contributed by atoms with Crippen molar-refractivity contribution in [2.75, 3.05) is 17.4 Å². The molecule has 1 aromatic heterocycles. The van der Waals surface area contributed by atoms with Gasteiger partial charge < -0.3 is 14.5 Å². The number of nitrogens with zero attached hydrogens (tertiary/aromatic N) is 2. The summed E-state index contributed by atoms with van der Waals surface area (Å²) in [5, 5.41) is 10.2. The predicted octanol–water partition coefficient (Wildman–Crippen LogP) is 5.33. The topological polar surface area (TPSA) is 81.4 Å². The molecule has 0 spiro atoms. The first kappa shape index (κ1) is 21.1. The lowest BCUT2D eigenvalue weighted by Crippen LogP contribution is -2.24. The average Bonchev–Trinajstić information content (AvgIpc) is 3.26. The van der Waals surface area contributed by atoms with Crippen LogP contribution in [-0.4, -0.2) is 23.1 Å². The number of anilines is 3. The van der Waals surface area contributed by atoms with Crippen LogP contribution >= 0.6 is 0 Å². The zero-order valence-electron chi connectivity index (χ0n) is 16.8. The molecule has 164 valence electrons. The van der Waals surface area contributed by atoms with E-state index in [4.69, 9.17) is 14.0 Å². The third-order valence-electron chi connectivity index (χ3n) is 4.87. The van der Waals surface area contributed by atoms with E-state index in [-0.39, 0.29) is 28.8 Å². The van der Waals surface area contributed by atoms with Crippen LogP contribution in [0.25, 0.3) is 11.5 Å². The van der Waals surface area contributed by atoms with Crippen LogP contribution in [0.2, 0.25) is 0 Å². The second kappa shape index (κ2) is 9.36. The van der Waals surface area contributed by atoms with Gasteiger partial charge in [-0.3, -0.25) is 0 Å². The Bertz CT molecular complexity index is 1050. The van der Waals surface area contributed by atoms with Crippen LogP contribution in [0.5, 0.6) is 0 Å². The van der Waals surface area contributed by atoms with Crippen molar-refractivity contribution >= 4 is 17.4 Å². The normalized spacial score (nSPS) is 16.3. The molecule has 1 fully saturated rings. The van der Waals surface area contributed by atoms with E-state index in [9.17, 15) is 13.2 Å². The number of hydrogen-bond acceptors (Lipinski definition) is 7. The molecule has 0 radical (unpaired) electrons. The molecule has 4 rings (SSSR count). The van der Waals surface area contributed by atoms with Gasteiger partial charge in [0.25, 0.3) is 5.89 Å². The molecule has 1 aliphatic heterocycles. The highest BCUT2D eigenvalue weighted by Gasteiger charge is 2.21. The summed E-state index contributed by atoms with van der Waals surface area (Å²) in [5.41, 5.74) is 3.01. The maximum Gasteiger partial charge on any atom is 0.340 e. The average molecular weight is 434 g/mol. The number of rotatable bonds is 7. The summed E-state index contributed by atoms with van der Waals surface area (Å²) in [6.45, 7) is 2.48. The first-order valence-electron chi connectivity index (χ1n) is 9.95. The molecule has 3 aromatic rings. The van der Waals surface area contributed by atoms with Crippen LogP contribution in [-0.2, 0) is 16.0 Å². The van der Waals surface area contributed by atoms with E-state index in [1.165, 1.54) is 18.2 Å². The van der Waals surface area contributed by atoms with Gasteiger partial charge in [-0.1, -0.05) is 18.1 Å². The largest absolute Gasteiger partial charge is 0.402 e. The van der Waals surface area contributed by atoms with Crippen molar-refractivity contribution in [1.82, 2.24) is 10.2 Å². The highest BCUT2D eigenvalue weighted by molar-refractivity contribution is 5.78. The molecule has 31 heavy (non-hydrogen) atoms. The third kappa shape index (κ3) is 4.80. The molecule has 1 atom stereocenters. The molecular formula is C21H21F3N4O3. The molecule has 2 N–H and O–H groups in total. The van der Waals surface area contributed by atoms with E-state index in [1.54, 1.807) is 6.07 Å². The minimum atomic E-state index is -1.20. The maximum atomic E-state index is 14.6. The maximum absolute atomic E-state index is 14.6. The molecule has 0 amide bonds. The molecule has 0 aliphatic carbocycles. The van der Waals surface area contributed by atoms with Crippen LogP contribution in [0.3, 0.4) is 0 Å². The van der Waals surface area contributed by atoms with Gasteiger partial charge in [0.2, 0.25) is 0 Å². The van der Waals surface area contributed by atoms with Crippen LogP contribution in [0.1, 0.15) is 31.7 Å². The summed E-state index contributed by atoms with van der Waals surface area (Å²) in [6.07, 6.45) is 2.86. The second-order valence-corrected chi connectivity index (χ2v) is 7.01. The van der Waals surface area contributed by atoms with Gasteiger partial charge in [-0.15, -0.1) is 5.10 Å². The Labute approximate surface area is 176 Å². The summed E-state index contributed by atoms with van der Waals surface area (Å²) in [4.78, 5) is 5.36. The summed E-state index contributed by atoms with van der Waals surface area (Å²) in [7, 11) is 0. The zero-order valence-corrected chi connectivity index (χ0v) is 16.8. The predicted molar refractivity (Wildman–Crippen MR) is 107 cm³/mol. The van der Waals surface area contributed by atoms with Gasteiger partial charge in [-0.25, -0.2) is 23.5 Å². The lowest BCUT2D eigenvalue weighted by atomic mass is 10.1. The molecule has 1 saturated heterocycles. The molecule has 7 nitrogen and oxygen atoms in total. The molecule has 2 aromatic carbocycles. The summed E-state index contributed by atoms with van der Waals surface area (Å²) < 4.78 is 53.8. The van der Waals surface area contributed by atoms with Crippen molar-refractivity contribution in [2.45, 2.75) is 38.9 Å². The highest BCUT2D eigenvalue weighted by atomic mass is 19.2. The van der Waals surface area contributed by atoms with Crippen LogP contribution < -0.4 is 10.8 Å². The summed E-state index contributed by atoms with van der Waals surface area (Å²) >= 11 is 0. The fraction of sp³-hybridized carbons (Fsp3) is 0.333. The van der Waals surface area contributed by atoms with Gasteiger partial charge in [0.05, 0.1) is 16.9 Å². The number of aryl methyl sites for hydroxylation is 1. The lowest BCUT2D eigenvalue weighted by molar-refractivity contribution is -0.147. The number of hydrogen-bond donors (Lipinski definition) is 2. The molecule has 1 unspecified atom stereocenters. The van der Waals surface area contributed by atoms with E-state index in [1.807, 2.05) is 6.92 Å². The minimum absolute atomic E-state index is 0.0152. The van der Waals surface area contributed by atoms with E-state index in [0.717, 1.165) is 24.5 Å². The SMILES string of the molecule is CCc1ccc(Nc2c(-c3nnc(NOC4CCCCO4)o3)ccc(F)c2F)c(F)c1. The fourth-order valence-corrected chi connectivity index (χ4v) is 3.16. The van der Waals surface area contributed by atoms with Gasteiger partial charge >= 0.3 is 6.01 Å². The van der Waals surface area contributed by atoms with Crippen LogP contribution in [0.15, 0.2) is 34.7 Å². The third-order valence-corrected chi connectivity index (χ3v) is 4.87. The van der Waals surface area contributed by atoms with Gasteiger partial charge in [-0.05, 0) is 49.1 Å². The summed E-state index contributed by atoms with van der Waals surface area (Å²) in [6, 6.07) is 6.59. The standard InChI is InChI=1S/C21H21F3N4O3/c1-2-12-6-9-16(15(23)11-12)25-19-13(7-8-14(22)18(19)24)20-26-27-21(30-20)28-31-17-5-3-4-10-29-17/h6-9,11,17,25H,2-5,10H2,1H3,(H,27,28). The fourth-order valence-electron chi connectivity index (χ4n) is 3.16. The number of halogens is 3. The number of aromatic nitrogens is 2. The number of nitrogens with one attached hydrogen (secondary N) is 2. The van der Waals surface area contributed by atoms with Crippen LogP contribution in [0.4, 0.5) is 30.6 Å². The quantitative estimate of drug-likeness (QED) is 0.487. The van der Waals surface area contributed by atoms with E-state index in [2.05, 4.69) is 21.0 Å². The zero-order chi connectivity index (χ0) is 21.8. The van der Waals surface area contributed by atoms with E-state index in [0.29, 0.717) is 19.4 Å². The summed E-state index contributed by atoms with van der Waals surface area (Å²) in [5.74, 6) is -3.01. The molecule has 0 saturated carbocycles. The molecule has 0 bridgehead atoms. The monoisotopic (exact) mass is 434 g/mol. The van der Waals surface area contributed by atoms with Crippen molar-refractivity contribution in [1.29, 1.82) is 0 Å². The Morgan fingerprint density at radius 2 is 1.97 bits per heavy atom. The minimum Gasteiger partial charge on any atom is -0.402 e. The highest BCUT2D eigenvalue weighted by Crippen LogP contribution is 2.34. The number of ether oxygens (including phenoxy) is 1. The van der Waals surface area contributed by atoms with Crippen molar-refractivity contribution in [3.05, 3.63) is 53.3 Å². The van der Waals surface area contributed by atoms with Gasteiger partial charge in [0.15, 0.2) is 17.9 Å². The molecular weight excluding hydrogens is 413 g/mol. The smallest absolute Gasteiger partial charge is 0.340 e. The first-order valence-corrected chi connectivity index (χ1v) is 9.95. The Kier molecular flexibility index (Phi) is 6.38. The van der Waals surface area contributed by atoms with Crippen LogP contribution in [0, 0.1) is 17.5 Å². The van der Waals surface area contributed by atoms with Crippen molar-refractivity contribution in [2.24, 2.45) is 0 Å². The van der Waals surface area contributed by atoms with Gasteiger partial charge in [-0.2, -0.15) is 0 Å². The van der Waals surface area contributed by atoms with Gasteiger partial charge in [0, 0.05) is 13.0 Å². The van der Waals surface area contributed by atoms with Gasteiger partial charge in [0.1, 0.15) is 5.82 Å². The lowest BCUT2D eigenvalue weighted by Gasteiger charge is -2.21. The molecule has 1 aliphatic rings. The first-order chi connectivity index (χ1) is 15.0. The Hall–Kier alpha value is -3.11. The Balaban J connectivity index is 1.57. The molecule has 10 heteroatoms. The van der Waals surface area contributed by atoms with Crippen molar-refractivity contribution < 1.29 is 27.2 Å². The number of benzene rings is 2. The van der Waals surface area contributed by atoms with Crippen molar-refractivity contribution in [3.63, 3.8) is 0 Å². The van der Waals surface area contributed by atoms with E-state index >= 15 is 0 Å². The second-order valence-electron chi connectivity index (χ2n) is 7.01.